The lowest BCUT2D eigenvalue weighted by atomic mass is 9.55. The molecule has 3 unspecified atom stereocenters. The normalized spacial score (nSPS) is 31.0. The lowest BCUT2D eigenvalue weighted by Gasteiger charge is -2.53. The van der Waals surface area contributed by atoms with E-state index in [0.717, 1.165) is 37.7 Å². The summed E-state index contributed by atoms with van der Waals surface area (Å²) in [7, 11) is 0. The van der Waals surface area contributed by atoms with Crippen molar-refractivity contribution in [2.75, 3.05) is 5.32 Å². The van der Waals surface area contributed by atoms with E-state index in [-0.39, 0.29) is 16.8 Å². The number of benzene rings is 2. The molecular formula is C26H26Cl2FN3O2. The number of carbonyl (C=O) groups is 2. The summed E-state index contributed by atoms with van der Waals surface area (Å²) in [5, 5.41) is 6.70. The Balaban J connectivity index is 1.75. The number of halogens is 3. The second-order valence-electron chi connectivity index (χ2n) is 10.5. The third kappa shape index (κ3) is 2.54. The van der Waals surface area contributed by atoms with Crippen LogP contribution >= 0.6 is 23.2 Å². The van der Waals surface area contributed by atoms with Gasteiger partial charge in [-0.3, -0.25) is 14.5 Å². The molecule has 0 radical (unpaired) electrons. The second kappa shape index (κ2) is 7.19. The summed E-state index contributed by atoms with van der Waals surface area (Å²) < 4.78 is 15.8. The minimum atomic E-state index is -1.17. The first-order valence-corrected chi connectivity index (χ1v) is 12.6. The first kappa shape index (κ1) is 22.3. The fourth-order valence-corrected chi connectivity index (χ4v) is 8.09. The first-order chi connectivity index (χ1) is 16.1. The van der Waals surface area contributed by atoms with Crippen molar-refractivity contribution in [2.45, 2.75) is 74.5 Å². The number of hydrogen-bond acceptors (Lipinski definition) is 3. The highest BCUT2D eigenvalue weighted by Gasteiger charge is 2.79. The molecule has 2 aromatic rings. The van der Waals surface area contributed by atoms with Crippen molar-refractivity contribution in [3.63, 3.8) is 0 Å². The van der Waals surface area contributed by atoms with E-state index in [0.29, 0.717) is 16.3 Å². The molecule has 3 atom stereocenters. The Kier molecular flexibility index (Phi) is 4.72. The number of nitrogens with one attached hydrogen (secondary N) is 2. The summed E-state index contributed by atoms with van der Waals surface area (Å²) >= 11 is 12.6. The Morgan fingerprint density at radius 1 is 1.06 bits per heavy atom. The Hall–Kier alpha value is -2.15. The number of nitrogens with zero attached hydrogens (tertiary/aromatic N) is 1. The van der Waals surface area contributed by atoms with Crippen LogP contribution in [0.25, 0.3) is 0 Å². The summed E-state index contributed by atoms with van der Waals surface area (Å²) in [4.78, 5) is 30.1. The number of amides is 2. The predicted molar refractivity (Wildman–Crippen MR) is 130 cm³/mol. The summed E-state index contributed by atoms with van der Waals surface area (Å²) in [5.41, 5.74) is -0.832. The first-order valence-electron chi connectivity index (χ1n) is 11.8. The van der Waals surface area contributed by atoms with Crippen molar-refractivity contribution in [1.29, 1.82) is 0 Å². The van der Waals surface area contributed by atoms with Gasteiger partial charge in [0.05, 0.1) is 16.7 Å². The molecular weight excluding hydrogens is 476 g/mol. The Bertz CT molecular complexity index is 1240. The zero-order valence-corrected chi connectivity index (χ0v) is 20.6. The van der Waals surface area contributed by atoms with Gasteiger partial charge in [-0.2, -0.15) is 0 Å². The summed E-state index contributed by atoms with van der Waals surface area (Å²) in [6, 6.07) is 9.56. The molecule has 3 fully saturated rings. The molecule has 5 nitrogen and oxygen atoms in total. The van der Waals surface area contributed by atoms with E-state index in [1.54, 1.807) is 24.3 Å². The van der Waals surface area contributed by atoms with Crippen LogP contribution in [0.4, 0.5) is 10.1 Å². The van der Waals surface area contributed by atoms with Gasteiger partial charge >= 0.3 is 0 Å². The average molecular weight is 502 g/mol. The topological polar surface area (TPSA) is 61.4 Å². The zero-order chi connectivity index (χ0) is 24.0. The minimum Gasteiger partial charge on any atom is -0.337 e. The quantitative estimate of drug-likeness (QED) is 0.552. The molecule has 4 aliphatic rings. The van der Waals surface area contributed by atoms with Gasteiger partial charge in [0.25, 0.3) is 0 Å². The Morgan fingerprint density at radius 3 is 2.53 bits per heavy atom. The SMILES string of the molecule is CC1(C)NC(=O)C2C(c3cccc(Cl)c3F)C3(C(=O)Nc4cc(Cl)ccc43)C3(CCCCC3)N21. The second-order valence-corrected chi connectivity index (χ2v) is 11.4. The van der Waals surface area contributed by atoms with E-state index >= 15 is 4.39 Å². The maximum atomic E-state index is 15.8. The van der Waals surface area contributed by atoms with Crippen LogP contribution in [0.1, 0.15) is 63.0 Å². The zero-order valence-electron chi connectivity index (χ0n) is 19.1. The van der Waals surface area contributed by atoms with Crippen molar-refractivity contribution < 1.29 is 14.0 Å². The molecule has 0 bridgehead atoms. The van der Waals surface area contributed by atoms with Crippen molar-refractivity contribution >= 4 is 40.7 Å². The molecule has 2 N–H and O–H groups in total. The van der Waals surface area contributed by atoms with E-state index in [1.807, 2.05) is 19.9 Å². The molecule has 2 spiro atoms. The summed E-state index contributed by atoms with van der Waals surface area (Å²) in [5.74, 6) is -1.72. The summed E-state index contributed by atoms with van der Waals surface area (Å²) in [6.07, 6.45) is 4.38. The monoisotopic (exact) mass is 501 g/mol. The van der Waals surface area contributed by atoms with Gasteiger partial charge in [-0.1, -0.05) is 60.7 Å². The lowest BCUT2D eigenvalue weighted by Crippen LogP contribution is -2.66. The Labute approximate surface area is 208 Å². The van der Waals surface area contributed by atoms with Crippen molar-refractivity contribution in [2.24, 2.45) is 0 Å². The lowest BCUT2D eigenvalue weighted by molar-refractivity contribution is -0.127. The highest BCUT2D eigenvalue weighted by Crippen LogP contribution is 2.68. The number of carbonyl (C=O) groups excluding carboxylic acids is 2. The van der Waals surface area contributed by atoms with Crippen molar-refractivity contribution in [1.82, 2.24) is 10.2 Å². The largest absolute Gasteiger partial charge is 0.337 e. The van der Waals surface area contributed by atoms with E-state index in [1.165, 1.54) is 6.07 Å². The Morgan fingerprint density at radius 2 is 1.79 bits per heavy atom. The summed E-state index contributed by atoms with van der Waals surface area (Å²) in [6.45, 7) is 3.95. The van der Waals surface area contributed by atoms with E-state index in [9.17, 15) is 9.59 Å². The van der Waals surface area contributed by atoms with Gasteiger partial charge in [-0.25, -0.2) is 4.39 Å². The van der Waals surface area contributed by atoms with E-state index < -0.39 is 34.4 Å². The molecule has 6 rings (SSSR count). The standard InChI is InChI=1S/C26H26Cl2FN3O2/c1-24(2)31-22(33)21-19(15-7-6-8-17(28)20(15)29)26(25(32(21)24)11-4-3-5-12-25)16-10-9-14(27)13-18(16)30-23(26)34/h6-10,13,19,21H,3-5,11-12H2,1-2H3,(H,30,34)(H,31,33). The number of fused-ring (bicyclic) bond motifs is 5. The van der Waals surface area contributed by atoms with Crippen LogP contribution in [-0.4, -0.2) is 34.0 Å². The molecule has 1 saturated carbocycles. The molecule has 34 heavy (non-hydrogen) atoms. The van der Waals surface area contributed by atoms with Crippen LogP contribution in [0.2, 0.25) is 10.0 Å². The highest BCUT2D eigenvalue weighted by atomic mass is 35.5. The van der Waals surface area contributed by atoms with Crippen molar-refractivity contribution in [3.05, 3.63) is 63.4 Å². The van der Waals surface area contributed by atoms with E-state index in [2.05, 4.69) is 15.5 Å². The number of hydrogen-bond donors (Lipinski definition) is 2. The van der Waals surface area contributed by atoms with Gasteiger partial charge in [-0.05, 0) is 56.0 Å². The third-order valence-corrected chi connectivity index (χ3v) is 9.09. The van der Waals surface area contributed by atoms with Crippen LogP contribution in [-0.2, 0) is 15.0 Å². The van der Waals surface area contributed by atoms with E-state index in [4.69, 9.17) is 23.2 Å². The van der Waals surface area contributed by atoms with Gasteiger partial charge in [0.2, 0.25) is 11.8 Å². The van der Waals surface area contributed by atoms with Gasteiger partial charge in [0.1, 0.15) is 11.2 Å². The molecule has 0 aromatic heterocycles. The number of anilines is 1. The molecule has 2 saturated heterocycles. The van der Waals surface area contributed by atoms with Gasteiger partial charge in [0.15, 0.2) is 0 Å². The van der Waals surface area contributed by atoms with Gasteiger partial charge in [0, 0.05) is 22.2 Å². The molecule has 8 heteroatoms. The molecule has 2 aromatic carbocycles. The molecule has 1 aliphatic carbocycles. The smallest absolute Gasteiger partial charge is 0.239 e. The van der Waals surface area contributed by atoms with Crippen LogP contribution < -0.4 is 10.6 Å². The highest BCUT2D eigenvalue weighted by molar-refractivity contribution is 6.31. The molecule has 3 aliphatic heterocycles. The maximum absolute atomic E-state index is 15.8. The third-order valence-electron chi connectivity index (χ3n) is 8.57. The van der Waals surface area contributed by atoms with Gasteiger partial charge in [-0.15, -0.1) is 0 Å². The average Bonchev–Trinajstić information content (AvgIpc) is 3.31. The molecule has 178 valence electrons. The maximum Gasteiger partial charge on any atom is 0.239 e. The van der Waals surface area contributed by atoms with Crippen LogP contribution in [0.5, 0.6) is 0 Å². The van der Waals surface area contributed by atoms with Crippen LogP contribution in [0.3, 0.4) is 0 Å². The predicted octanol–water partition coefficient (Wildman–Crippen LogP) is 5.36. The van der Waals surface area contributed by atoms with Crippen LogP contribution in [0, 0.1) is 5.82 Å². The molecule has 2 amide bonds. The van der Waals surface area contributed by atoms with Crippen molar-refractivity contribution in [3.8, 4) is 0 Å². The fraction of sp³-hybridized carbons (Fsp3) is 0.462. The number of rotatable bonds is 1. The van der Waals surface area contributed by atoms with Gasteiger partial charge < -0.3 is 10.6 Å². The fourth-order valence-electron chi connectivity index (χ4n) is 7.73. The molecule has 3 heterocycles. The minimum absolute atomic E-state index is 0.0174. The van der Waals surface area contributed by atoms with Crippen LogP contribution in [0.15, 0.2) is 36.4 Å².